The van der Waals surface area contributed by atoms with E-state index in [-0.39, 0.29) is 17.9 Å². The van der Waals surface area contributed by atoms with E-state index < -0.39 is 11.9 Å². The minimum atomic E-state index is -4.55. The van der Waals surface area contributed by atoms with E-state index in [9.17, 15) is 13.2 Å². The lowest BCUT2D eigenvalue weighted by atomic mass is 9.96. The summed E-state index contributed by atoms with van der Waals surface area (Å²) < 4.78 is 41.2. The van der Waals surface area contributed by atoms with Gasteiger partial charge in [-0.2, -0.15) is 13.2 Å². The first-order valence-electron chi connectivity index (χ1n) is 9.31. The Morgan fingerprint density at radius 3 is 2.76 bits per heavy atom. The number of fused-ring (bicyclic) bond motifs is 1. The van der Waals surface area contributed by atoms with Crippen LogP contribution in [0.25, 0.3) is 16.8 Å². The van der Waals surface area contributed by atoms with Crippen LogP contribution in [0.2, 0.25) is 0 Å². The van der Waals surface area contributed by atoms with E-state index in [2.05, 4.69) is 23.1 Å². The number of alkyl halides is 3. The normalized spacial score (nSPS) is 17.0. The van der Waals surface area contributed by atoms with Crippen LogP contribution < -0.4 is 10.4 Å². The number of anilines is 1. The van der Waals surface area contributed by atoms with Crippen molar-refractivity contribution in [2.75, 3.05) is 11.6 Å². The Balaban J connectivity index is 1.82. The van der Waals surface area contributed by atoms with Gasteiger partial charge in [-0.3, -0.25) is 5.01 Å². The molecule has 29 heavy (non-hydrogen) atoms. The average molecular weight is 393 g/mol. The molecule has 0 amide bonds. The molecular weight excluding hydrogens is 374 g/mol. The summed E-state index contributed by atoms with van der Waals surface area (Å²) >= 11 is 0. The number of hydrogen-bond donors (Lipinski definition) is 1. The Hall–Kier alpha value is -2.80. The van der Waals surface area contributed by atoms with E-state index in [0.717, 1.165) is 46.1 Å². The molecule has 3 nitrogen and oxygen atoms in total. The minimum Gasteiger partial charge on any atom is -0.254 e. The van der Waals surface area contributed by atoms with Crippen molar-refractivity contribution in [3.63, 3.8) is 0 Å². The lowest BCUT2D eigenvalue weighted by Crippen LogP contribution is -2.37. The van der Waals surface area contributed by atoms with Crippen molar-refractivity contribution in [1.29, 1.82) is 0 Å². The molecular formula is C22H19BF3N3. The van der Waals surface area contributed by atoms with Crippen LogP contribution in [0.1, 0.15) is 23.1 Å². The molecule has 7 heteroatoms. The van der Waals surface area contributed by atoms with Crippen molar-refractivity contribution in [3.05, 3.63) is 76.9 Å². The quantitative estimate of drug-likeness (QED) is 0.757. The van der Waals surface area contributed by atoms with Gasteiger partial charge in [0.1, 0.15) is 19.4 Å². The number of hydrogen-bond acceptors (Lipinski definition) is 3. The summed E-state index contributed by atoms with van der Waals surface area (Å²) in [5.41, 5.74) is 7.96. The fourth-order valence-electron chi connectivity index (χ4n) is 4.02. The first-order valence-corrected chi connectivity index (χ1v) is 9.31. The number of rotatable bonds is 3. The van der Waals surface area contributed by atoms with E-state index in [1.807, 2.05) is 19.1 Å². The molecule has 1 N–H and O–H groups in total. The van der Waals surface area contributed by atoms with Crippen molar-refractivity contribution >= 4 is 19.2 Å². The fourth-order valence-corrected chi connectivity index (χ4v) is 4.02. The molecule has 0 fully saturated rings. The largest absolute Gasteiger partial charge is 0.433 e. The molecule has 0 saturated heterocycles. The maximum atomic E-state index is 13.7. The zero-order valence-electron chi connectivity index (χ0n) is 16.0. The van der Waals surface area contributed by atoms with Gasteiger partial charge in [0, 0.05) is 12.1 Å². The predicted molar refractivity (Wildman–Crippen MR) is 110 cm³/mol. The molecule has 146 valence electrons. The molecule has 0 saturated carbocycles. The Morgan fingerprint density at radius 1 is 1.24 bits per heavy atom. The van der Waals surface area contributed by atoms with Crippen LogP contribution >= 0.6 is 0 Å². The summed E-state index contributed by atoms with van der Waals surface area (Å²) in [5, 5.41) is 0.990. The highest BCUT2D eigenvalue weighted by Gasteiger charge is 2.43. The van der Waals surface area contributed by atoms with Crippen molar-refractivity contribution in [1.82, 2.24) is 10.4 Å². The van der Waals surface area contributed by atoms with Gasteiger partial charge in [-0.1, -0.05) is 30.4 Å². The highest BCUT2D eigenvalue weighted by Crippen LogP contribution is 2.40. The number of nitrogens with one attached hydrogen (secondary N) is 1. The van der Waals surface area contributed by atoms with Crippen LogP contribution in [0.3, 0.4) is 0 Å². The van der Waals surface area contributed by atoms with Gasteiger partial charge in [0.05, 0.1) is 5.69 Å². The number of nitrogens with zero attached hydrogens (tertiary/aromatic N) is 2. The average Bonchev–Trinajstić information content (AvgIpc) is 3.25. The maximum Gasteiger partial charge on any atom is 0.433 e. The van der Waals surface area contributed by atoms with Gasteiger partial charge >= 0.3 is 6.18 Å². The van der Waals surface area contributed by atoms with Gasteiger partial charge in [-0.05, 0) is 60.2 Å². The van der Waals surface area contributed by atoms with Gasteiger partial charge in [-0.25, -0.2) is 10.4 Å². The third-order valence-corrected chi connectivity index (χ3v) is 5.17. The van der Waals surface area contributed by atoms with Crippen LogP contribution in [0.5, 0.6) is 0 Å². The van der Waals surface area contributed by atoms with E-state index in [0.29, 0.717) is 5.69 Å². The van der Waals surface area contributed by atoms with Gasteiger partial charge in [0.25, 0.3) is 0 Å². The summed E-state index contributed by atoms with van der Waals surface area (Å²) in [6, 6.07) is 9.25. The highest BCUT2D eigenvalue weighted by molar-refractivity contribution is 6.17. The number of aryl methyl sites for hydroxylation is 2. The summed E-state index contributed by atoms with van der Waals surface area (Å²) in [7, 11) is 5.33. The van der Waals surface area contributed by atoms with Crippen LogP contribution in [-0.4, -0.2) is 25.6 Å². The van der Waals surface area contributed by atoms with Crippen LogP contribution in [0.4, 0.5) is 19.0 Å². The Labute approximate surface area is 169 Å². The first-order chi connectivity index (χ1) is 13.8. The molecule has 2 aliphatic rings. The van der Waals surface area contributed by atoms with Crippen LogP contribution in [0.15, 0.2) is 60.2 Å². The zero-order valence-corrected chi connectivity index (χ0v) is 16.0. The fraction of sp³-hybridized carbons (Fsp3) is 0.227. The lowest BCUT2D eigenvalue weighted by molar-refractivity contribution is -0.0935. The summed E-state index contributed by atoms with van der Waals surface area (Å²) in [4.78, 5) is 4.57. The Morgan fingerprint density at radius 2 is 2.03 bits per heavy atom. The third-order valence-electron chi connectivity index (χ3n) is 5.17. The van der Waals surface area contributed by atoms with Crippen LogP contribution in [0, 0.1) is 6.92 Å². The molecule has 1 aromatic carbocycles. The van der Waals surface area contributed by atoms with E-state index in [1.165, 1.54) is 11.6 Å². The molecule has 2 heterocycles. The monoisotopic (exact) mass is 393 g/mol. The van der Waals surface area contributed by atoms with Crippen molar-refractivity contribution in [2.24, 2.45) is 0 Å². The van der Waals surface area contributed by atoms with E-state index >= 15 is 0 Å². The summed E-state index contributed by atoms with van der Waals surface area (Å²) in [6.07, 6.45) is -1.48. The number of allylic oxidation sites excluding steroid dienone is 2. The molecule has 0 atom stereocenters. The van der Waals surface area contributed by atoms with Gasteiger partial charge in [0.2, 0.25) is 0 Å². The van der Waals surface area contributed by atoms with Gasteiger partial charge in [-0.15, -0.1) is 5.98 Å². The number of hydrazine groups is 1. The van der Waals surface area contributed by atoms with Crippen molar-refractivity contribution < 1.29 is 13.2 Å². The van der Waals surface area contributed by atoms with Crippen molar-refractivity contribution in [3.8, 4) is 11.3 Å². The van der Waals surface area contributed by atoms with Gasteiger partial charge in [0.15, 0.2) is 0 Å². The van der Waals surface area contributed by atoms with Crippen LogP contribution in [-0.2, 0) is 6.42 Å². The van der Waals surface area contributed by atoms with E-state index in [4.69, 9.17) is 7.85 Å². The molecule has 0 spiro atoms. The molecule has 0 unspecified atom stereocenters. The number of halogens is 3. The topological polar surface area (TPSA) is 28.2 Å². The first kappa shape index (κ1) is 19.5. The molecule has 1 aliphatic carbocycles. The third kappa shape index (κ3) is 3.51. The number of pyridine rings is 1. The second kappa shape index (κ2) is 7.23. The molecule has 4 rings (SSSR count). The second-order valence-electron chi connectivity index (χ2n) is 7.23. The Bertz CT molecular complexity index is 1050. The molecule has 2 radical (unpaired) electrons. The standard InChI is InChI=1S/C22H19BF3N3/c1-13-10-15-7-6-14(2)20(15)17(11-13)18-4-3-5-19(28-18)29-21(22(24,25)26)16(8-9-23)12-27-29/h3-5,8-11,27H,2,6-7,12H2,1H3/b9-8-. The summed E-state index contributed by atoms with van der Waals surface area (Å²) in [5.74, 6) is 1.28. The maximum absolute atomic E-state index is 13.7. The number of benzene rings is 1. The summed E-state index contributed by atoms with van der Waals surface area (Å²) in [6.45, 7) is 6.19. The van der Waals surface area contributed by atoms with E-state index in [1.54, 1.807) is 12.1 Å². The molecule has 2 aromatic rings. The van der Waals surface area contributed by atoms with Gasteiger partial charge < -0.3 is 0 Å². The number of aromatic nitrogens is 1. The predicted octanol–water partition coefficient (Wildman–Crippen LogP) is 4.84. The Kier molecular flexibility index (Phi) is 4.86. The SMILES string of the molecule is [B]/C=C\C1=C(C(F)(F)F)N(c2cccc(-c3cc(C)cc4c3C(=C)CC4)n2)NC1. The molecule has 1 aromatic heterocycles. The highest BCUT2D eigenvalue weighted by atomic mass is 19.4. The molecule has 1 aliphatic heterocycles. The zero-order chi connectivity index (χ0) is 20.8. The molecule has 0 bridgehead atoms. The van der Waals surface area contributed by atoms with Crippen molar-refractivity contribution in [2.45, 2.75) is 25.9 Å². The lowest BCUT2D eigenvalue weighted by Gasteiger charge is -2.23. The minimum absolute atomic E-state index is 0.0189. The smallest absolute Gasteiger partial charge is 0.254 e. The second-order valence-corrected chi connectivity index (χ2v) is 7.23.